The summed E-state index contributed by atoms with van der Waals surface area (Å²) in [6.45, 7) is 6.19. The number of hydrogen-bond acceptors (Lipinski definition) is 7. The Kier molecular flexibility index (Phi) is 4.55. The Morgan fingerprint density at radius 3 is 2.44 bits per heavy atom. The average Bonchev–Trinajstić information content (AvgIpc) is 3.12. The van der Waals surface area contributed by atoms with Crippen LogP contribution in [-0.2, 0) is 20.4 Å². The molecule has 0 aliphatic heterocycles. The van der Waals surface area contributed by atoms with Crippen LogP contribution in [0.5, 0.6) is 0 Å². The van der Waals surface area contributed by atoms with Gasteiger partial charge < -0.3 is 10.1 Å². The summed E-state index contributed by atoms with van der Waals surface area (Å²) in [6, 6.07) is 11.1. The first-order valence-electron chi connectivity index (χ1n) is 11.0. The van der Waals surface area contributed by atoms with Crippen molar-refractivity contribution in [1.82, 2.24) is 9.97 Å². The topological polar surface area (TPSA) is 124 Å². The molecular formula is C25H24N4O5. The van der Waals surface area contributed by atoms with Gasteiger partial charge in [0.2, 0.25) is 5.91 Å². The van der Waals surface area contributed by atoms with E-state index in [-0.39, 0.29) is 17.2 Å². The quantitative estimate of drug-likeness (QED) is 0.350. The first kappa shape index (κ1) is 21.9. The molecule has 2 aliphatic rings. The van der Waals surface area contributed by atoms with Crippen LogP contribution in [0.15, 0.2) is 42.5 Å². The fraction of sp³-hybridized carbons (Fsp3) is 0.360. The van der Waals surface area contributed by atoms with Crippen molar-refractivity contribution in [2.45, 2.75) is 44.4 Å². The van der Waals surface area contributed by atoms with E-state index < -0.39 is 27.1 Å². The number of para-hydroxylation sites is 1. The number of benzene rings is 2. The maximum Gasteiger partial charge on any atom is 0.339 e. The van der Waals surface area contributed by atoms with E-state index in [9.17, 15) is 19.7 Å². The number of esters is 1. The van der Waals surface area contributed by atoms with Gasteiger partial charge in [-0.3, -0.25) is 14.9 Å². The molecule has 9 nitrogen and oxygen atoms in total. The van der Waals surface area contributed by atoms with E-state index >= 15 is 0 Å². The Morgan fingerprint density at radius 2 is 1.74 bits per heavy atom. The smallest absolute Gasteiger partial charge is 0.339 e. The number of hydrogen-bond donors (Lipinski definition) is 1. The van der Waals surface area contributed by atoms with Crippen LogP contribution in [0, 0.1) is 15.5 Å². The summed E-state index contributed by atoms with van der Waals surface area (Å²) in [4.78, 5) is 46.8. The van der Waals surface area contributed by atoms with Gasteiger partial charge in [-0.25, -0.2) is 14.8 Å². The second kappa shape index (κ2) is 7.06. The van der Waals surface area contributed by atoms with Gasteiger partial charge in [0.05, 0.1) is 51.1 Å². The zero-order chi connectivity index (χ0) is 24.5. The fourth-order valence-corrected chi connectivity index (χ4v) is 5.81. The van der Waals surface area contributed by atoms with Crippen molar-refractivity contribution < 1.29 is 19.2 Å². The maximum atomic E-state index is 14.1. The number of anilines is 1. The van der Waals surface area contributed by atoms with Crippen LogP contribution in [0.4, 0.5) is 11.4 Å². The summed E-state index contributed by atoms with van der Waals surface area (Å²) in [7, 11) is 1.29. The van der Waals surface area contributed by atoms with Crippen LogP contribution in [0.2, 0.25) is 0 Å². The fourth-order valence-electron chi connectivity index (χ4n) is 5.81. The summed E-state index contributed by atoms with van der Waals surface area (Å²) >= 11 is 0. The highest BCUT2D eigenvalue weighted by atomic mass is 16.6. The minimum absolute atomic E-state index is 0.0825. The Morgan fingerprint density at radius 1 is 1.03 bits per heavy atom. The highest BCUT2D eigenvalue weighted by molar-refractivity contribution is 6.06. The van der Waals surface area contributed by atoms with E-state index in [2.05, 4.69) is 12.2 Å². The molecule has 2 bridgehead atoms. The third-order valence-corrected chi connectivity index (χ3v) is 8.20. The molecule has 34 heavy (non-hydrogen) atoms. The molecule has 2 atom stereocenters. The number of carbonyl (C=O) groups is 2. The molecule has 1 aromatic heterocycles. The van der Waals surface area contributed by atoms with E-state index in [0.717, 1.165) is 12.1 Å². The maximum absolute atomic E-state index is 14.1. The van der Waals surface area contributed by atoms with E-state index in [1.54, 1.807) is 30.3 Å². The second-order valence-electron chi connectivity index (χ2n) is 9.70. The molecular weight excluding hydrogens is 436 g/mol. The monoisotopic (exact) mass is 460 g/mol. The number of nitro groups is 1. The number of carbonyl (C=O) groups excluding carboxylic acids is 2. The third-order valence-electron chi connectivity index (χ3n) is 8.20. The van der Waals surface area contributed by atoms with Crippen LogP contribution in [0.25, 0.3) is 11.0 Å². The van der Waals surface area contributed by atoms with Crippen molar-refractivity contribution in [2.75, 3.05) is 12.4 Å². The lowest BCUT2D eigenvalue weighted by Crippen LogP contribution is -2.48. The van der Waals surface area contributed by atoms with Gasteiger partial charge in [0.1, 0.15) is 0 Å². The minimum atomic E-state index is -1.02. The summed E-state index contributed by atoms with van der Waals surface area (Å²) in [6.07, 6.45) is 1.29. The van der Waals surface area contributed by atoms with Crippen molar-refractivity contribution in [1.29, 1.82) is 0 Å². The Balaban J connectivity index is 1.68. The largest absolute Gasteiger partial charge is 0.465 e. The highest BCUT2D eigenvalue weighted by Crippen LogP contribution is 2.70. The van der Waals surface area contributed by atoms with E-state index in [1.807, 2.05) is 13.8 Å². The lowest BCUT2D eigenvalue weighted by atomic mass is 9.63. The van der Waals surface area contributed by atoms with Crippen molar-refractivity contribution in [3.8, 4) is 0 Å². The summed E-state index contributed by atoms with van der Waals surface area (Å²) in [5.74, 6) is -0.829. The zero-order valence-corrected chi connectivity index (χ0v) is 19.3. The Hall–Kier alpha value is -3.88. The van der Waals surface area contributed by atoms with Crippen molar-refractivity contribution >= 4 is 34.3 Å². The first-order chi connectivity index (χ1) is 16.1. The Labute approximate surface area is 195 Å². The average molecular weight is 460 g/mol. The number of aromatic nitrogens is 2. The first-order valence-corrected chi connectivity index (χ1v) is 11.0. The van der Waals surface area contributed by atoms with Gasteiger partial charge in [-0.05, 0) is 36.5 Å². The molecule has 9 heteroatoms. The molecule has 5 rings (SSSR count). The van der Waals surface area contributed by atoms with Crippen LogP contribution in [0.1, 0.15) is 55.4 Å². The predicted molar refractivity (Wildman–Crippen MR) is 125 cm³/mol. The summed E-state index contributed by atoms with van der Waals surface area (Å²) in [5, 5.41) is 14.3. The van der Waals surface area contributed by atoms with Gasteiger partial charge in [-0.1, -0.05) is 32.9 Å². The van der Waals surface area contributed by atoms with Crippen molar-refractivity contribution in [3.05, 3.63) is 69.5 Å². The number of nitrogens with one attached hydrogen (secondary N) is 1. The molecule has 1 saturated carbocycles. The molecule has 174 valence electrons. The van der Waals surface area contributed by atoms with Crippen molar-refractivity contribution in [3.63, 3.8) is 0 Å². The standard InChI is InChI=1S/C25H24N4O5/c1-23(2)24(3)11-12-25(23,22(31)28-16-8-6-5-7-15(16)21(30)34-4)20-19(24)26-17-10-9-14(29(32)33)13-18(17)27-20/h5-10,13H,11-12H2,1-4H3,(H,28,31). The molecule has 2 aromatic carbocycles. The molecule has 2 aliphatic carbocycles. The Bertz CT molecular complexity index is 1400. The SMILES string of the molecule is COC(=O)c1ccccc1NC(=O)C12CCC(C)(c3nc4ccc([N+](=O)[O-])cc4nc31)C2(C)C. The molecule has 1 N–H and O–H groups in total. The number of rotatable bonds is 4. The summed E-state index contributed by atoms with van der Waals surface area (Å²) in [5.41, 5.74) is 0.784. The zero-order valence-electron chi connectivity index (χ0n) is 19.3. The van der Waals surface area contributed by atoms with Crippen LogP contribution in [-0.4, -0.2) is 33.9 Å². The van der Waals surface area contributed by atoms with Gasteiger partial charge in [0.15, 0.2) is 0 Å². The van der Waals surface area contributed by atoms with Crippen LogP contribution in [0.3, 0.4) is 0 Å². The van der Waals surface area contributed by atoms with E-state index in [0.29, 0.717) is 28.8 Å². The van der Waals surface area contributed by atoms with Gasteiger partial charge in [-0.2, -0.15) is 0 Å². The number of nitro benzene ring substituents is 1. The third kappa shape index (κ3) is 2.60. The van der Waals surface area contributed by atoms with E-state index in [1.165, 1.54) is 19.2 Å². The number of ether oxygens (including phenoxy) is 1. The normalized spacial score (nSPS) is 24.0. The number of amides is 1. The molecule has 2 unspecified atom stereocenters. The number of fused-ring (bicyclic) bond motifs is 6. The molecule has 1 heterocycles. The van der Waals surface area contributed by atoms with Gasteiger partial charge in [0, 0.05) is 17.5 Å². The van der Waals surface area contributed by atoms with Crippen molar-refractivity contribution in [2.24, 2.45) is 5.41 Å². The van der Waals surface area contributed by atoms with Gasteiger partial charge >= 0.3 is 5.97 Å². The lowest BCUT2D eigenvalue weighted by molar-refractivity contribution is -0.384. The number of methoxy groups -OCH3 is 1. The molecule has 0 radical (unpaired) electrons. The molecule has 1 amide bonds. The van der Waals surface area contributed by atoms with Crippen LogP contribution >= 0.6 is 0 Å². The second-order valence-corrected chi connectivity index (χ2v) is 9.70. The predicted octanol–water partition coefficient (Wildman–Crippen LogP) is 4.29. The van der Waals surface area contributed by atoms with Gasteiger partial charge in [0.25, 0.3) is 5.69 Å². The molecule has 1 fully saturated rings. The molecule has 0 spiro atoms. The number of nitrogens with zero attached hydrogens (tertiary/aromatic N) is 3. The van der Waals surface area contributed by atoms with Gasteiger partial charge in [-0.15, -0.1) is 0 Å². The molecule has 3 aromatic rings. The lowest BCUT2D eigenvalue weighted by Gasteiger charge is -2.39. The van der Waals surface area contributed by atoms with E-state index in [4.69, 9.17) is 14.7 Å². The minimum Gasteiger partial charge on any atom is -0.465 e. The van der Waals surface area contributed by atoms with Crippen LogP contribution < -0.4 is 5.32 Å². The molecule has 0 saturated heterocycles. The number of non-ortho nitro benzene ring substituents is 1. The summed E-state index contributed by atoms with van der Waals surface area (Å²) < 4.78 is 4.87. The highest BCUT2D eigenvalue weighted by Gasteiger charge is 2.73.